The van der Waals surface area contributed by atoms with Gasteiger partial charge in [-0.15, -0.1) is 0 Å². The van der Waals surface area contributed by atoms with E-state index in [4.69, 9.17) is 9.47 Å². The van der Waals surface area contributed by atoms with Gasteiger partial charge in [0.15, 0.2) is 0 Å². The summed E-state index contributed by atoms with van der Waals surface area (Å²) < 4.78 is 50.1. The van der Waals surface area contributed by atoms with Gasteiger partial charge in [-0.1, -0.05) is 0 Å². The van der Waals surface area contributed by atoms with Crippen LogP contribution in [-0.4, -0.2) is 51.0 Å². The molecule has 1 atom stereocenters. The van der Waals surface area contributed by atoms with Gasteiger partial charge < -0.3 is 19.5 Å². The predicted octanol–water partition coefficient (Wildman–Crippen LogP) is 3.37. The maximum atomic E-state index is 13.1. The van der Waals surface area contributed by atoms with E-state index in [1.165, 1.54) is 31.8 Å². The number of carbonyl (C=O) groups is 1. The van der Waals surface area contributed by atoms with Crippen LogP contribution in [0.15, 0.2) is 61.3 Å². The Kier molecular flexibility index (Phi) is 5.76. The summed E-state index contributed by atoms with van der Waals surface area (Å²) in [4.78, 5) is 30.9. The Balaban J connectivity index is 1.36. The molecule has 0 bridgehead atoms. The molecular weight excluding hydrogens is 481 g/mol. The molecule has 184 valence electrons. The van der Waals surface area contributed by atoms with Crippen LogP contribution in [0, 0.1) is 0 Å². The van der Waals surface area contributed by atoms with Gasteiger partial charge in [0, 0.05) is 24.1 Å². The van der Waals surface area contributed by atoms with E-state index >= 15 is 0 Å². The van der Waals surface area contributed by atoms with Crippen molar-refractivity contribution in [1.29, 1.82) is 0 Å². The van der Waals surface area contributed by atoms with E-state index in [0.29, 0.717) is 34.4 Å². The second-order valence-corrected chi connectivity index (χ2v) is 7.69. The standard InChI is InChI=1S/C23H17F3N6O4/c1-35-19-7-18-17(10-28-19)21(30-12-29-18)36-16-4-2-14(3-5-16)32-20(33)11-31(22(32)34)15-6-13(8-27-9-15)23(24,25)26/h2-10,12,22,34H,11H2,1H3. The largest absolute Gasteiger partial charge is 0.481 e. The van der Waals surface area contributed by atoms with E-state index in [1.807, 2.05) is 0 Å². The lowest BCUT2D eigenvalue weighted by Gasteiger charge is -2.26. The molecule has 0 aliphatic carbocycles. The number of amides is 1. The number of rotatable bonds is 5. The van der Waals surface area contributed by atoms with Gasteiger partial charge in [-0.05, 0) is 30.3 Å². The van der Waals surface area contributed by atoms with E-state index in [0.717, 1.165) is 22.1 Å². The smallest absolute Gasteiger partial charge is 0.417 e. The zero-order chi connectivity index (χ0) is 25.4. The fraction of sp³-hybridized carbons (Fsp3) is 0.174. The summed E-state index contributed by atoms with van der Waals surface area (Å²) in [5.41, 5.74) is -0.126. The number of alkyl halides is 3. The van der Waals surface area contributed by atoms with Crippen molar-refractivity contribution < 1.29 is 32.5 Å². The maximum Gasteiger partial charge on any atom is 0.417 e. The monoisotopic (exact) mass is 498 g/mol. The number of ether oxygens (including phenoxy) is 2. The number of methoxy groups -OCH3 is 1. The van der Waals surface area contributed by atoms with Gasteiger partial charge in [0.25, 0.3) is 0 Å². The minimum absolute atomic E-state index is 0.0333. The molecule has 10 nitrogen and oxygen atoms in total. The average Bonchev–Trinajstić information content (AvgIpc) is 3.17. The summed E-state index contributed by atoms with van der Waals surface area (Å²) in [6, 6.07) is 8.67. The number of anilines is 2. The molecule has 1 fully saturated rings. The van der Waals surface area contributed by atoms with Crippen molar-refractivity contribution in [2.24, 2.45) is 0 Å². The lowest BCUT2D eigenvalue weighted by Crippen LogP contribution is -2.39. The van der Waals surface area contributed by atoms with E-state index < -0.39 is 24.0 Å². The SMILES string of the molecule is COc1cc2ncnc(Oc3ccc(N4C(=O)CN(c5cncc(C(F)(F)F)c5)C4O)cc3)c2cn1. The molecule has 0 saturated carbocycles. The first-order chi connectivity index (χ1) is 17.2. The molecular formula is C23H17F3N6O4. The van der Waals surface area contributed by atoms with E-state index in [9.17, 15) is 23.1 Å². The zero-order valence-corrected chi connectivity index (χ0v) is 18.5. The van der Waals surface area contributed by atoms with Crippen LogP contribution in [0.2, 0.25) is 0 Å². The normalized spacial score (nSPS) is 16.0. The Bertz CT molecular complexity index is 1430. The quantitative estimate of drug-likeness (QED) is 0.442. The molecule has 1 saturated heterocycles. The molecule has 0 spiro atoms. The Hall–Kier alpha value is -4.52. The number of nitrogens with zero attached hydrogens (tertiary/aromatic N) is 6. The van der Waals surface area contributed by atoms with Crippen LogP contribution >= 0.6 is 0 Å². The summed E-state index contributed by atoms with van der Waals surface area (Å²) in [6.07, 6.45) is -1.44. The number of fused-ring (bicyclic) bond motifs is 1. The summed E-state index contributed by atoms with van der Waals surface area (Å²) >= 11 is 0. The average molecular weight is 498 g/mol. The maximum absolute atomic E-state index is 13.1. The molecule has 0 radical (unpaired) electrons. The van der Waals surface area contributed by atoms with Gasteiger partial charge in [-0.25, -0.2) is 15.0 Å². The lowest BCUT2D eigenvalue weighted by molar-refractivity contribution is -0.137. The predicted molar refractivity (Wildman–Crippen MR) is 120 cm³/mol. The van der Waals surface area contributed by atoms with Gasteiger partial charge in [-0.3, -0.25) is 14.7 Å². The first kappa shape index (κ1) is 23.2. The van der Waals surface area contributed by atoms with Crippen molar-refractivity contribution >= 4 is 28.2 Å². The van der Waals surface area contributed by atoms with Crippen LogP contribution in [0.4, 0.5) is 24.5 Å². The van der Waals surface area contributed by atoms with Crippen molar-refractivity contribution in [3.63, 3.8) is 0 Å². The van der Waals surface area contributed by atoms with Crippen molar-refractivity contribution in [3.8, 4) is 17.5 Å². The molecule has 5 rings (SSSR count). The molecule has 4 aromatic rings. The number of benzene rings is 1. The van der Waals surface area contributed by atoms with Crippen LogP contribution < -0.4 is 19.3 Å². The van der Waals surface area contributed by atoms with Crippen molar-refractivity contribution in [2.45, 2.75) is 12.5 Å². The number of hydrogen-bond donors (Lipinski definition) is 1. The van der Waals surface area contributed by atoms with Crippen molar-refractivity contribution in [1.82, 2.24) is 19.9 Å². The zero-order valence-electron chi connectivity index (χ0n) is 18.5. The third-order valence-electron chi connectivity index (χ3n) is 5.46. The highest BCUT2D eigenvalue weighted by molar-refractivity contribution is 6.00. The first-order valence-corrected chi connectivity index (χ1v) is 10.5. The number of aliphatic hydroxyl groups excluding tert-OH is 1. The highest BCUT2D eigenvalue weighted by Gasteiger charge is 2.39. The van der Waals surface area contributed by atoms with Crippen LogP contribution in [0.1, 0.15) is 5.56 Å². The molecule has 3 aromatic heterocycles. The van der Waals surface area contributed by atoms with E-state index in [1.54, 1.807) is 18.2 Å². The Morgan fingerprint density at radius 2 is 1.81 bits per heavy atom. The summed E-state index contributed by atoms with van der Waals surface area (Å²) in [6.45, 7) is -0.328. The Morgan fingerprint density at radius 3 is 2.53 bits per heavy atom. The number of hydrogen-bond acceptors (Lipinski definition) is 9. The molecule has 1 N–H and O–H groups in total. The number of halogens is 3. The van der Waals surface area contributed by atoms with E-state index in [2.05, 4.69) is 19.9 Å². The number of aliphatic hydroxyl groups is 1. The molecule has 1 aliphatic rings. The van der Waals surface area contributed by atoms with Crippen LogP contribution in [0.5, 0.6) is 17.5 Å². The Morgan fingerprint density at radius 1 is 1.03 bits per heavy atom. The molecule has 13 heteroatoms. The fourth-order valence-electron chi connectivity index (χ4n) is 3.70. The second-order valence-electron chi connectivity index (χ2n) is 7.69. The van der Waals surface area contributed by atoms with Crippen molar-refractivity contribution in [3.05, 3.63) is 66.9 Å². The van der Waals surface area contributed by atoms with Crippen LogP contribution in [0.25, 0.3) is 10.9 Å². The van der Waals surface area contributed by atoms with Gasteiger partial charge in [-0.2, -0.15) is 13.2 Å². The molecule has 4 heterocycles. The van der Waals surface area contributed by atoms with Gasteiger partial charge in [0.2, 0.25) is 24.0 Å². The Labute approximate surface area is 201 Å². The minimum Gasteiger partial charge on any atom is -0.481 e. The van der Waals surface area contributed by atoms with Crippen molar-refractivity contribution in [2.75, 3.05) is 23.5 Å². The van der Waals surface area contributed by atoms with Gasteiger partial charge >= 0.3 is 6.18 Å². The third-order valence-corrected chi connectivity index (χ3v) is 5.46. The molecule has 36 heavy (non-hydrogen) atoms. The summed E-state index contributed by atoms with van der Waals surface area (Å²) in [5, 5.41) is 11.3. The minimum atomic E-state index is -4.61. The number of pyridine rings is 2. The third kappa shape index (κ3) is 4.31. The van der Waals surface area contributed by atoms with E-state index in [-0.39, 0.29) is 18.1 Å². The highest BCUT2D eigenvalue weighted by atomic mass is 19.4. The highest BCUT2D eigenvalue weighted by Crippen LogP contribution is 2.34. The topological polar surface area (TPSA) is 114 Å². The van der Waals surface area contributed by atoms with Crippen LogP contribution in [0.3, 0.4) is 0 Å². The summed E-state index contributed by atoms with van der Waals surface area (Å²) in [7, 11) is 1.49. The lowest BCUT2D eigenvalue weighted by atomic mass is 10.2. The number of carbonyl (C=O) groups excluding carboxylic acids is 1. The van der Waals surface area contributed by atoms with Gasteiger partial charge in [0.1, 0.15) is 18.6 Å². The number of aromatic nitrogens is 4. The second kappa shape index (κ2) is 8.92. The first-order valence-electron chi connectivity index (χ1n) is 10.5. The molecule has 1 unspecified atom stereocenters. The fourth-order valence-corrected chi connectivity index (χ4v) is 3.70. The molecule has 1 aromatic carbocycles. The molecule has 1 aliphatic heterocycles. The van der Waals surface area contributed by atoms with Gasteiger partial charge in [0.05, 0.1) is 35.5 Å². The van der Waals surface area contributed by atoms with Crippen LogP contribution in [-0.2, 0) is 11.0 Å². The summed E-state index contributed by atoms with van der Waals surface area (Å²) in [5.74, 6) is 0.522. The molecule has 1 amide bonds.